The van der Waals surface area contributed by atoms with Crippen molar-refractivity contribution in [2.24, 2.45) is 0 Å². The second-order valence-corrected chi connectivity index (χ2v) is 3.78. The number of carbonyl (C=O) groups is 1. The Morgan fingerprint density at radius 3 is 2.83 bits per heavy atom. The molecule has 1 rings (SSSR count). The first-order chi connectivity index (χ1) is 5.68. The molecule has 0 aromatic carbocycles. The van der Waals surface area contributed by atoms with Crippen LogP contribution in [0.1, 0.15) is 19.4 Å². The van der Waals surface area contributed by atoms with E-state index in [0.29, 0.717) is 6.42 Å². The minimum absolute atomic E-state index is 0.188. The van der Waals surface area contributed by atoms with Gasteiger partial charge in [-0.1, -0.05) is 5.57 Å². The maximum atomic E-state index is 11.2. The zero-order valence-electron chi connectivity index (χ0n) is 7.33. The van der Waals surface area contributed by atoms with Gasteiger partial charge in [0, 0.05) is 6.42 Å². The van der Waals surface area contributed by atoms with Gasteiger partial charge in [-0.3, -0.25) is 4.79 Å². The van der Waals surface area contributed by atoms with Gasteiger partial charge in [0.1, 0.15) is 0 Å². The summed E-state index contributed by atoms with van der Waals surface area (Å²) in [7, 11) is 0. The fraction of sp³-hybridized carbons (Fsp3) is 0.300. The van der Waals surface area contributed by atoms with E-state index in [1.54, 1.807) is 17.4 Å². The molecule has 1 aromatic rings. The van der Waals surface area contributed by atoms with E-state index < -0.39 is 0 Å². The standard InChI is InChI=1S/C10H12OS/c1-8(2)5-10(11)6-9-3-4-12-7-9/h3-5,7H,6H2,1-2H3. The Labute approximate surface area is 76.7 Å². The van der Waals surface area contributed by atoms with Crippen LogP contribution in [0.15, 0.2) is 28.5 Å². The van der Waals surface area contributed by atoms with Crippen molar-refractivity contribution in [1.29, 1.82) is 0 Å². The average Bonchev–Trinajstić information content (AvgIpc) is 2.37. The van der Waals surface area contributed by atoms with Crippen molar-refractivity contribution >= 4 is 17.1 Å². The molecule has 0 unspecified atom stereocenters. The molecule has 0 aliphatic rings. The Bertz CT molecular complexity index is 279. The molecular formula is C10H12OS. The summed E-state index contributed by atoms with van der Waals surface area (Å²) in [4.78, 5) is 11.2. The maximum absolute atomic E-state index is 11.2. The predicted molar refractivity (Wildman–Crippen MR) is 52.5 cm³/mol. The number of rotatable bonds is 3. The first-order valence-electron chi connectivity index (χ1n) is 3.87. The first-order valence-corrected chi connectivity index (χ1v) is 4.81. The molecule has 0 bridgehead atoms. The van der Waals surface area contributed by atoms with Crippen LogP contribution in [-0.2, 0) is 11.2 Å². The van der Waals surface area contributed by atoms with Crippen LogP contribution in [0.3, 0.4) is 0 Å². The second kappa shape index (κ2) is 4.21. The fourth-order valence-corrected chi connectivity index (χ4v) is 1.64. The van der Waals surface area contributed by atoms with Gasteiger partial charge >= 0.3 is 0 Å². The van der Waals surface area contributed by atoms with Gasteiger partial charge in [0.25, 0.3) is 0 Å². The van der Waals surface area contributed by atoms with Gasteiger partial charge < -0.3 is 0 Å². The first kappa shape index (κ1) is 9.20. The normalized spacial score (nSPS) is 9.50. The van der Waals surface area contributed by atoms with Gasteiger partial charge in [0.15, 0.2) is 5.78 Å². The lowest BCUT2D eigenvalue weighted by Crippen LogP contribution is -1.97. The summed E-state index contributed by atoms with van der Waals surface area (Å²) in [5.74, 6) is 0.188. The number of thiophene rings is 1. The van der Waals surface area contributed by atoms with Gasteiger partial charge in [-0.15, -0.1) is 0 Å². The van der Waals surface area contributed by atoms with Crippen LogP contribution < -0.4 is 0 Å². The number of hydrogen-bond acceptors (Lipinski definition) is 2. The van der Waals surface area contributed by atoms with E-state index in [1.807, 2.05) is 30.7 Å². The Hall–Kier alpha value is -0.890. The third kappa shape index (κ3) is 3.01. The van der Waals surface area contributed by atoms with Crippen LogP contribution in [0.2, 0.25) is 0 Å². The molecular weight excluding hydrogens is 168 g/mol. The zero-order chi connectivity index (χ0) is 8.97. The van der Waals surface area contributed by atoms with Gasteiger partial charge in [0.05, 0.1) is 0 Å². The van der Waals surface area contributed by atoms with Crippen molar-refractivity contribution in [2.75, 3.05) is 0 Å². The molecule has 0 aliphatic heterocycles. The molecule has 0 saturated carbocycles. The molecule has 1 nitrogen and oxygen atoms in total. The van der Waals surface area contributed by atoms with Crippen molar-refractivity contribution in [2.45, 2.75) is 20.3 Å². The zero-order valence-corrected chi connectivity index (χ0v) is 8.15. The van der Waals surface area contributed by atoms with Crippen LogP contribution in [0.4, 0.5) is 0 Å². The summed E-state index contributed by atoms with van der Waals surface area (Å²) in [6.07, 6.45) is 2.23. The van der Waals surface area contributed by atoms with Crippen molar-refractivity contribution in [1.82, 2.24) is 0 Å². The molecule has 0 fully saturated rings. The molecule has 0 spiro atoms. The molecule has 0 amide bonds. The monoisotopic (exact) mass is 180 g/mol. The van der Waals surface area contributed by atoms with E-state index in [9.17, 15) is 4.79 Å². The second-order valence-electron chi connectivity index (χ2n) is 3.00. The molecule has 0 atom stereocenters. The summed E-state index contributed by atoms with van der Waals surface area (Å²) < 4.78 is 0. The van der Waals surface area contributed by atoms with Crippen LogP contribution in [0, 0.1) is 0 Å². The number of allylic oxidation sites excluding steroid dienone is 2. The van der Waals surface area contributed by atoms with E-state index in [4.69, 9.17) is 0 Å². The molecule has 64 valence electrons. The summed E-state index contributed by atoms with van der Waals surface area (Å²) in [6, 6.07) is 1.99. The van der Waals surface area contributed by atoms with Gasteiger partial charge in [-0.25, -0.2) is 0 Å². The summed E-state index contributed by atoms with van der Waals surface area (Å²) in [6.45, 7) is 3.87. The van der Waals surface area contributed by atoms with E-state index >= 15 is 0 Å². The summed E-state index contributed by atoms with van der Waals surface area (Å²) in [5.41, 5.74) is 2.18. The molecule has 0 N–H and O–H groups in total. The van der Waals surface area contributed by atoms with Gasteiger partial charge in [-0.05, 0) is 42.3 Å². The van der Waals surface area contributed by atoms with E-state index in [1.165, 1.54) is 0 Å². The van der Waals surface area contributed by atoms with Crippen LogP contribution in [-0.4, -0.2) is 5.78 Å². The van der Waals surface area contributed by atoms with Crippen molar-refractivity contribution < 1.29 is 4.79 Å². The van der Waals surface area contributed by atoms with Crippen molar-refractivity contribution in [3.8, 4) is 0 Å². The third-order valence-corrected chi connectivity index (χ3v) is 2.14. The lowest BCUT2D eigenvalue weighted by atomic mass is 10.1. The highest BCUT2D eigenvalue weighted by molar-refractivity contribution is 7.07. The molecule has 0 saturated heterocycles. The van der Waals surface area contributed by atoms with Crippen LogP contribution in [0.25, 0.3) is 0 Å². The van der Waals surface area contributed by atoms with Crippen molar-refractivity contribution in [3.05, 3.63) is 34.0 Å². The smallest absolute Gasteiger partial charge is 0.160 e. The summed E-state index contributed by atoms with van der Waals surface area (Å²) in [5, 5.41) is 4.00. The SMILES string of the molecule is CC(C)=CC(=O)Cc1ccsc1. The fourth-order valence-electron chi connectivity index (χ4n) is 0.967. The van der Waals surface area contributed by atoms with E-state index in [0.717, 1.165) is 11.1 Å². The highest BCUT2D eigenvalue weighted by Crippen LogP contribution is 2.07. The lowest BCUT2D eigenvalue weighted by molar-refractivity contribution is -0.114. The number of carbonyl (C=O) groups excluding carboxylic acids is 1. The minimum atomic E-state index is 0.188. The maximum Gasteiger partial charge on any atom is 0.160 e. The van der Waals surface area contributed by atoms with E-state index in [2.05, 4.69) is 0 Å². The molecule has 12 heavy (non-hydrogen) atoms. The van der Waals surface area contributed by atoms with E-state index in [-0.39, 0.29) is 5.78 Å². The van der Waals surface area contributed by atoms with Crippen LogP contribution >= 0.6 is 11.3 Å². The molecule has 2 heteroatoms. The molecule has 1 heterocycles. The lowest BCUT2D eigenvalue weighted by Gasteiger charge is -1.92. The topological polar surface area (TPSA) is 17.1 Å². The number of hydrogen-bond donors (Lipinski definition) is 0. The Kier molecular flexibility index (Phi) is 3.23. The molecule has 0 aliphatic carbocycles. The largest absolute Gasteiger partial charge is 0.294 e. The van der Waals surface area contributed by atoms with Crippen LogP contribution in [0.5, 0.6) is 0 Å². The minimum Gasteiger partial charge on any atom is -0.294 e. The Balaban J connectivity index is 2.54. The van der Waals surface area contributed by atoms with Gasteiger partial charge in [-0.2, -0.15) is 11.3 Å². The van der Waals surface area contributed by atoms with Gasteiger partial charge in [0.2, 0.25) is 0 Å². The highest BCUT2D eigenvalue weighted by Gasteiger charge is 1.99. The molecule has 1 aromatic heterocycles. The quantitative estimate of drug-likeness (QED) is 0.654. The summed E-state index contributed by atoms with van der Waals surface area (Å²) >= 11 is 1.63. The average molecular weight is 180 g/mol. The third-order valence-electron chi connectivity index (χ3n) is 1.41. The number of ketones is 1. The Morgan fingerprint density at radius 2 is 2.33 bits per heavy atom. The Morgan fingerprint density at radius 1 is 1.58 bits per heavy atom. The highest BCUT2D eigenvalue weighted by atomic mass is 32.1. The molecule has 0 radical (unpaired) electrons. The predicted octanol–water partition coefficient (Wildman–Crippen LogP) is 2.83. The van der Waals surface area contributed by atoms with Crippen molar-refractivity contribution in [3.63, 3.8) is 0 Å².